The van der Waals surface area contributed by atoms with Gasteiger partial charge in [0.05, 0.1) is 12.1 Å². The van der Waals surface area contributed by atoms with Crippen molar-refractivity contribution in [3.8, 4) is 0 Å². The van der Waals surface area contributed by atoms with Crippen molar-refractivity contribution < 1.29 is 13.2 Å². The molecule has 100 valence electrons. The standard InChI is InChI=1S/C11H17N3O3S/c1-8-9(5-7-17-8)14-18(15,16)10-4-3-6-13-11(10)12-2/h3-4,6,8-9,14H,5,7H2,1-2H3,(H,12,13). The van der Waals surface area contributed by atoms with Gasteiger partial charge in [0.25, 0.3) is 0 Å². The summed E-state index contributed by atoms with van der Waals surface area (Å²) >= 11 is 0. The normalized spacial score (nSPS) is 24.1. The van der Waals surface area contributed by atoms with E-state index in [2.05, 4.69) is 15.0 Å². The predicted octanol–water partition coefficient (Wildman–Crippen LogP) is 0.579. The Labute approximate surface area is 107 Å². The van der Waals surface area contributed by atoms with Crippen molar-refractivity contribution in [3.05, 3.63) is 18.3 Å². The number of anilines is 1. The summed E-state index contributed by atoms with van der Waals surface area (Å²) in [7, 11) is -1.93. The van der Waals surface area contributed by atoms with Crippen molar-refractivity contribution in [2.24, 2.45) is 0 Å². The van der Waals surface area contributed by atoms with E-state index in [-0.39, 0.29) is 17.0 Å². The minimum atomic E-state index is -3.57. The molecule has 1 saturated heterocycles. The number of nitrogens with zero attached hydrogens (tertiary/aromatic N) is 1. The summed E-state index contributed by atoms with van der Waals surface area (Å²) in [6, 6.07) is 2.95. The Balaban J connectivity index is 2.25. The lowest BCUT2D eigenvalue weighted by Crippen LogP contribution is -2.39. The fourth-order valence-electron chi connectivity index (χ4n) is 1.94. The highest BCUT2D eigenvalue weighted by Crippen LogP contribution is 2.20. The molecule has 1 aromatic heterocycles. The Bertz CT molecular complexity index is 518. The summed E-state index contributed by atoms with van der Waals surface area (Å²) in [6.07, 6.45) is 2.14. The minimum Gasteiger partial charge on any atom is -0.377 e. The molecule has 0 amide bonds. The van der Waals surface area contributed by atoms with Gasteiger partial charge in [0, 0.05) is 19.9 Å². The molecule has 6 nitrogen and oxygen atoms in total. The van der Waals surface area contributed by atoms with Crippen molar-refractivity contribution >= 4 is 15.8 Å². The van der Waals surface area contributed by atoms with Gasteiger partial charge < -0.3 is 10.1 Å². The van der Waals surface area contributed by atoms with Crippen molar-refractivity contribution in [3.63, 3.8) is 0 Å². The highest BCUT2D eigenvalue weighted by atomic mass is 32.2. The van der Waals surface area contributed by atoms with Crippen LogP contribution in [0.25, 0.3) is 0 Å². The number of hydrogen-bond donors (Lipinski definition) is 2. The molecule has 0 aliphatic carbocycles. The smallest absolute Gasteiger partial charge is 0.244 e. The van der Waals surface area contributed by atoms with Crippen LogP contribution < -0.4 is 10.0 Å². The Morgan fingerprint density at radius 1 is 1.50 bits per heavy atom. The van der Waals surface area contributed by atoms with Crippen LogP contribution in [0.3, 0.4) is 0 Å². The summed E-state index contributed by atoms with van der Waals surface area (Å²) in [5, 5.41) is 2.78. The zero-order valence-electron chi connectivity index (χ0n) is 10.4. The molecule has 2 unspecified atom stereocenters. The second-order valence-electron chi connectivity index (χ2n) is 4.19. The van der Waals surface area contributed by atoms with Gasteiger partial charge in [-0.1, -0.05) is 0 Å². The maximum absolute atomic E-state index is 12.3. The molecule has 1 fully saturated rings. The molecule has 18 heavy (non-hydrogen) atoms. The monoisotopic (exact) mass is 271 g/mol. The lowest BCUT2D eigenvalue weighted by molar-refractivity contribution is 0.117. The molecule has 2 rings (SSSR count). The lowest BCUT2D eigenvalue weighted by Gasteiger charge is -2.17. The van der Waals surface area contributed by atoms with E-state index < -0.39 is 10.0 Å². The number of aromatic nitrogens is 1. The Hall–Kier alpha value is -1.18. The predicted molar refractivity (Wildman–Crippen MR) is 67.9 cm³/mol. The maximum atomic E-state index is 12.3. The van der Waals surface area contributed by atoms with Crippen LogP contribution >= 0.6 is 0 Å². The highest BCUT2D eigenvalue weighted by Gasteiger charge is 2.30. The van der Waals surface area contributed by atoms with E-state index in [0.29, 0.717) is 18.8 Å². The maximum Gasteiger partial charge on any atom is 0.244 e. The third kappa shape index (κ3) is 2.63. The van der Waals surface area contributed by atoms with Crippen LogP contribution in [0.2, 0.25) is 0 Å². The van der Waals surface area contributed by atoms with Gasteiger partial charge in [-0.3, -0.25) is 0 Å². The third-order valence-corrected chi connectivity index (χ3v) is 4.50. The van der Waals surface area contributed by atoms with Crippen LogP contribution in [0.15, 0.2) is 23.2 Å². The molecule has 1 aliphatic heterocycles. The Morgan fingerprint density at radius 2 is 2.28 bits per heavy atom. The molecule has 0 aromatic carbocycles. The first-order valence-corrected chi connectivity index (χ1v) is 7.29. The van der Waals surface area contributed by atoms with Gasteiger partial charge in [-0.05, 0) is 25.5 Å². The second-order valence-corrected chi connectivity index (χ2v) is 5.87. The Kier molecular flexibility index (Phi) is 3.84. The van der Waals surface area contributed by atoms with Crippen molar-refractivity contribution in [2.75, 3.05) is 19.0 Å². The quantitative estimate of drug-likeness (QED) is 0.837. The molecule has 2 N–H and O–H groups in total. The van der Waals surface area contributed by atoms with Gasteiger partial charge in [0.2, 0.25) is 10.0 Å². The number of pyridine rings is 1. The average Bonchev–Trinajstić information content (AvgIpc) is 2.74. The summed E-state index contributed by atoms with van der Waals surface area (Å²) in [6.45, 7) is 2.45. The molecule has 1 aliphatic rings. The zero-order valence-corrected chi connectivity index (χ0v) is 11.2. The van der Waals surface area contributed by atoms with E-state index in [1.54, 1.807) is 19.3 Å². The topological polar surface area (TPSA) is 80.3 Å². The van der Waals surface area contributed by atoms with E-state index in [0.717, 1.165) is 0 Å². The van der Waals surface area contributed by atoms with E-state index in [1.165, 1.54) is 6.07 Å². The van der Waals surface area contributed by atoms with Crippen LogP contribution in [0, 0.1) is 0 Å². The molecular formula is C11H17N3O3S. The Morgan fingerprint density at radius 3 is 2.89 bits per heavy atom. The van der Waals surface area contributed by atoms with Gasteiger partial charge in [0.1, 0.15) is 10.7 Å². The number of rotatable bonds is 4. The molecule has 2 heterocycles. The van der Waals surface area contributed by atoms with Gasteiger partial charge in [-0.15, -0.1) is 0 Å². The lowest BCUT2D eigenvalue weighted by atomic mass is 10.2. The SMILES string of the molecule is CNc1ncccc1S(=O)(=O)NC1CCOC1C. The number of sulfonamides is 1. The van der Waals surface area contributed by atoms with Crippen LogP contribution in [0.1, 0.15) is 13.3 Å². The van der Waals surface area contributed by atoms with Crippen molar-refractivity contribution in [1.29, 1.82) is 0 Å². The average molecular weight is 271 g/mol. The summed E-state index contributed by atoms with van der Waals surface area (Å²) in [5.41, 5.74) is 0. The number of hydrogen-bond acceptors (Lipinski definition) is 5. The molecule has 0 spiro atoms. The van der Waals surface area contributed by atoms with Crippen molar-refractivity contribution in [2.45, 2.75) is 30.4 Å². The molecule has 2 atom stereocenters. The fraction of sp³-hybridized carbons (Fsp3) is 0.545. The molecule has 1 aromatic rings. The van der Waals surface area contributed by atoms with Crippen molar-refractivity contribution in [1.82, 2.24) is 9.71 Å². The fourth-order valence-corrected chi connectivity index (χ4v) is 3.45. The zero-order chi connectivity index (χ0) is 13.2. The van der Waals surface area contributed by atoms with Crippen LogP contribution in [0.4, 0.5) is 5.82 Å². The van der Waals surface area contributed by atoms with Gasteiger partial charge in [-0.2, -0.15) is 0 Å². The summed E-state index contributed by atoms with van der Waals surface area (Å²) < 4.78 is 32.5. The van der Waals surface area contributed by atoms with Crippen LogP contribution in [0.5, 0.6) is 0 Å². The van der Waals surface area contributed by atoms with E-state index in [1.807, 2.05) is 6.92 Å². The molecular weight excluding hydrogens is 254 g/mol. The van der Waals surface area contributed by atoms with Gasteiger partial charge >= 0.3 is 0 Å². The molecule has 0 radical (unpaired) electrons. The largest absolute Gasteiger partial charge is 0.377 e. The first kappa shape index (κ1) is 13.3. The molecule has 0 saturated carbocycles. The minimum absolute atomic E-state index is 0.102. The first-order valence-electron chi connectivity index (χ1n) is 5.81. The summed E-state index contributed by atoms with van der Waals surface area (Å²) in [5.74, 6) is 0.344. The van der Waals surface area contributed by atoms with Gasteiger partial charge in [0.15, 0.2) is 0 Å². The van der Waals surface area contributed by atoms with E-state index in [4.69, 9.17) is 4.74 Å². The van der Waals surface area contributed by atoms with Crippen LogP contribution in [-0.2, 0) is 14.8 Å². The second kappa shape index (κ2) is 5.21. The molecule has 0 bridgehead atoms. The van der Waals surface area contributed by atoms with Gasteiger partial charge in [-0.25, -0.2) is 18.1 Å². The number of ether oxygens (including phenoxy) is 1. The number of nitrogens with one attached hydrogen (secondary N) is 2. The third-order valence-electron chi connectivity index (χ3n) is 2.98. The summed E-state index contributed by atoms with van der Waals surface area (Å²) in [4.78, 5) is 4.15. The highest BCUT2D eigenvalue weighted by molar-refractivity contribution is 7.89. The van der Waals surface area contributed by atoms with E-state index in [9.17, 15) is 8.42 Å². The molecule has 7 heteroatoms. The first-order chi connectivity index (χ1) is 8.54. The van der Waals surface area contributed by atoms with E-state index >= 15 is 0 Å². The van der Waals surface area contributed by atoms with Crippen LogP contribution in [-0.4, -0.2) is 39.2 Å².